The molecule has 0 N–H and O–H groups in total. The molecule has 0 spiro atoms. The Morgan fingerprint density at radius 2 is 2.17 bits per heavy atom. The molecular weight excluding hydrogens is 306 g/mol. The first kappa shape index (κ1) is 12.4. The monoisotopic (exact) mass is 313 g/mol. The van der Waals surface area contributed by atoms with Gasteiger partial charge >= 0.3 is 11.7 Å². The van der Waals surface area contributed by atoms with E-state index in [-0.39, 0.29) is 11.5 Å². The van der Waals surface area contributed by atoms with E-state index in [4.69, 9.17) is 0 Å². The van der Waals surface area contributed by atoms with Gasteiger partial charge in [0, 0.05) is 13.2 Å². The summed E-state index contributed by atoms with van der Waals surface area (Å²) in [6.45, 7) is 1.56. The first-order chi connectivity index (χ1) is 8.40. The predicted octanol–water partition coefficient (Wildman–Crippen LogP) is 1.28. The molecule has 0 amide bonds. The van der Waals surface area contributed by atoms with E-state index in [1.54, 1.807) is 20.2 Å². The second kappa shape index (κ2) is 4.33. The highest BCUT2D eigenvalue weighted by Crippen LogP contribution is 2.18. The quantitative estimate of drug-likeness (QED) is 0.614. The Kier molecular flexibility index (Phi) is 2.99. The number of hydrogen-bond acceptors (Lipinski definition) is 5. The first-order valence-corrected chi connectivity index (χ1v) is 5.64. The molecule has 0 unspecified atom stereocenters. The molecule has 2 aromatic heterocycles. The maximum Gasteiger partial charge on any atom is 0.390 e. The third kappa shape index (κ3) is 2.04. The lowest BCUT2D eigenvalue weighted by Crippen LogP contribution is -2.16. The molecule has 0 aromatic carbocycles. The van der Waals surface area contributed by atoms with Crippen LogP contribution in [0.5, 0.6) is 0 Å². The Bertz CT molecular complexity index is 645. The first-order valence-electron chi connectivity index (χ1n) is 4.85. The van der Waals surface area contributed by atoms with Crippen molar-refractivity contribution in [1.29, 1.82) is 0 Å². The lowest BCUT2D eigenvalue weighted by atomic mass is 10.4. The van der Waals surface area contributed by atoms with Gasteiger partial charge in [-0.1, -0.05) is 0 Å². The van der Waals surface area contributed by atoms with Crippen molar-refractivity contribution >= 4 is 27.7 Å². The molecule has 2 rings (SSSR count). The largest absolute Gasteiger partial charge is 0.390 e. The van der Waals surface area contributed by atoms with Gasteiger partial charge in [-0.05, 0) is 27.8 Å². The highest BCUT2D eigenvalue weighted by Gasteiger charge is 2.25. The fourth-order valence-electron chi connectivity index (χ4n) is 1.46. The van der Waals surface area contributed by atoms with Crippen LogP contribution in [0.15, 0.2) is 16.7 Å². The molecule has 0 atom stereocenters. The second-order valence-electron chi connectivity index (χ2n) is 3.62. The van der Waals surface area contributed by atoms with E-state index in [0.29, 0.717) is 10.2 Å². The molecule has 94 valence electrons. The van der Waals surface area contributed by atoms with E-state index in [1.807, 2.05) is 0 Å². The normalized spacial score (nSPS) is 10.6. The molecule has 0 aliphatic rings. The molecular formula is C9H8BrN5O3. The van der Waals surface area contributed by atoms with Crippen molar-refractivity contribution in [2.24, 2.45) is 7.05 Å². The molecule has 2 heterocycles. The van der Waals surface area contributed by atoms with Crippen LogP contribution in [0.4, 0.5) is 5.82 Å². The minimum absolute atomic E-state index is 0.151. The van der Waals surface area contributed by atoms with Crippen molar-refractivity contribution in [2.75, 3.05) is 0 Å². The molecule has 18 heavy (non-hydrogen) atoms. The number of nitro groups is 1. The summed E-state index contributed by atoms with van der Waals surface area (Å²) in [4.78, 5) is 22.0. The summed E-state index contributed by atoms with van der Waals surface area (Å²) in [6, 6.07) is 1.23. The minimum Gasteiger partial charge on any atom is -0.358 e. The van der Waals surface area contributed by atoms with Gasteiger partial charge in [0.1, 0.15) is 0 Å². The highest BCUT2D eigenvalue weighted by molar-refractivity contribution is 9.10. The summed E-state index contributed by atoms with van der Waals surface area (Å²) >= 11 is 3.20. The van der Waals surface area contributed by atoms with Crippen molar-refractivity contribution in [3.63, 3.8) is 0 Å². The van der Waals surface area contributed by atoms with Crippen LogP contribution in [0.2, 0.25) is 0 Å². The van der Waals surface area contributed by atoms with Crippen LogP contribution in [-0.4, -0.2) is 30.4 Å². The lowest BCUT2D eigenvalue weighted by Gasteiger charge is -1.95. The van der Waals surface area contributed by atoms with Gasteiger partial charge in [-0.15, -0.1) is 4.68 Å². The van der Waals surface area contributed by atoms with Crippen LogP contribution in [0.3, 0.4) is 0 Å². The fourth-order valence-corrected chi connectivity index (χ4v) is 2.00. The third-order valence-electron chi connectivity index (χ3n) is 2.24. The Balaban J connectivity index is 2.46. The third-order valence-corrected chi connectivity index (χ3v) is 2.82. The van der Waals surface area contributed by atoms with Crippen molar-refractivity contribution in [3.8, 4) is 0 Å². The number of carbonyl (C=O) groups is 1. The standard InChI is InChI=1S/C9H8BrN5O3/c1-5-3-7(15(17)18)11-14(5)9(16)8-6(10)4-13(2)12-8/h3-4H,1-2H3. The molecule has 0 aliphatic heterocycles. The van der Waals surface area contributed by atoms with Crippen LogP contribution in [0, 0.1) is 17.0 Å². The van der Waals surface area contributed by atoms with E-state index in [0.717, 1.165) is 4.68 Å². The average Bonchev–Trinajstić information content (AvgIpc) is 2.81. The summed E-state index contributed by atoms with van der Waals surface area (Å²) in [5, 5.41) is 18.2. The summed E-state index contributed by atoms with van der Waals surface area (Å²) in [7, 11) is 1.67. The van der Waals surface area contributed by atoms with Gasteiger partial charge in [0.05, 0.1) is 21.3 Å². The van der Waals surface area contributed by atoms with Gasteiger partial charge in [0.15, 0.2) is 5.69 Å². The summed E-state index contributed by atoms with van der Waals surface area (Å²) in [5.41, 5.74) is 0.530. The van der Waals surface area contributed by atoms with Gasteiger partial charge in [0.2, 0.25) is 0 Å². The van der Waals surface area contributed by atoms with E-state index < -0.39 is 10.8 Å². The van der Waals surface area contributed by atoms with E-state index >= 15 is 0 Å². The Morgan fingerprint density at radius 3 is 2.61 bits per heavy atom. The van der Waals surface area contributed by atoms with Crippen molar-refractivity contribution in [3.05, 3.63) is 38.2 Å². The van der Waals surface area contributed by atoms with Crippen LogP contribution in [-0.2, 0) is 7.05 Å². The maximum atomic E-state index is 12.1. The molecule has 8 nitrogen and oxygen atoms in total. The molecule has 0 fully saturated rings. The zero-order chi connectivity index (χ0) is 13.4. The van der Waals surface area contributed by atoms with Crippen LogP contribution >= 0.6 is 15.9 Å². The van der Waals surface area contributed by atoms with Crippen LogP contribution < -0.4 is 0 Å². The number of aryl methyl sites for hydroxylation is 2. The number of nitrogens with zero attached hydrogens (tertiary/aromatic N) is 5. The maximum absolute atomic E-state index is 12.1. The molecule has 0 bridgehead atoms. The van der Waals surface area contributed by atoms with Gasteiger partial charge in [-0.2, -0.15) is 5.10 Å². The minimum atomic E-state index is -0.649. The Labute approximate surface area is 109 Å². The zero-order valence-corrected chi connectivity index (χ0v) is 11.1. The summed E-state index contributed by atoms with van der Waals surface area (Å²) in [5.74, 6) is -0.888. The fraction of sp³-hybridized carbons (Fsp3) is 0.222. The van der Waals surface area contributed by atoms with Crippen molar-refractivity contribution < 1.29 is 9.72 Å². The van der Waals surface area contributed by atoms with E-state index in [1.165, 1.54) is 10.7 Å². The van der Waals surface area contributed by atoms with Crippen LogP contribution in [0.1, 0.15) is 16.2 Å². The van der Waals surface area contributed by atoms with E-state index in [2.05, 4.69) is 26.1 Å². The average molecular weight is 314 g/mol. The zero-order valence-electron chi connectivity index (χ0n) is 9.49. The van der Waals surface area contributed by atoms with Crippen molar-refractivity contribution in [1.82, 2.24) is 19.6 Å². The molecule has 0 saturated heterocycles. The smallest absolute Gasteiger partial charge is 0.358 e. The van der Waals surface area contributed by atoms with Gasteiger partial charge < -0.3 is 10.1 Å². The number of hydrogen-bond donors (Lipinski definition) is 0. The number of rotatable bonds is 2. The van der Waals surface area contributed by atoms with Crippen molar-refractivity contribution in [2.45, 2.75) is 6.92 Å². The second-order valence-corrected chi connectivity index (χ2v) is 4.47. The Hall–Kier alpha value is -2.03. The highest BCUT2D eigenvalue weighted by atomic mass is 79.9. The Morgan fingerprint density at radius 1 is 1.50 bits per heavy atom. The molecule has 0 saturated carbocycles. The van der Waals surface area contributed by atoms with Gasteiger partial charge in [-0.3, -0.25) is 9.48 Å². The molecule has 2 aromatic rings. The topological polar surface area (TPSA) is 95.8 Å². The number of carbonyl (C=O) groups excluding carboxylic acids is 1. The molecule has 0 radical (unpaired) electrons. The number of aromatic nitrogens is 4. The molecule has 0 aliphatic carbocycles. The van der Waals surface area contributed by atoms with Gasteiger partial charge in [-0.25, -0.2) is 0 Å². The molecule has 9 heteroatoms. The SMILES string of the molecule is Cc1cc([N+](=O)[O-])nn1C(=O)c1nn(C)cc1Br. The van der Waals surface area contributed by atoms with Gasteiger partial charge in [0.25, 0.3) is 0 Å². The predicted molar refractivity (Wildman–Crippen MR) is 64.3 cm³/mol. The number of halogens is 1. The lowest BCUT2D eigenvalue weighted by molar-refractivity contribution is -0.389. The summed E-state index contributed by atoms with van der Waals surface area (Å²) in [6.07, 6.45) is 1.61. The van der Waals surface area contributed by atoms with E-state index in [9.17, 15) is 14.9 Å². The summed E-state index contributed by atoms with van der Waals surface area (Å²) < 4.78 is 2.93. The van der Waals surface area contributed by atoms with Crippen LogP contribution in [0.25, 0.3) is 0 Å².